The maximum atomic E-state index is 12.6. The number of rotatable bonds is 7. The Hall–Kier alpha value is -2.18. The van der Waals surface area contributed by atoms with Crippen LogP contribution in [-0.4, -0.2) is 46.0 Å². The first-order valence-electron chi connectivity index (χ1n) is 8.66. The van der Waals surface area contributed by atoms with Crippen molar-refractivity contribution in [3.63, 3.8) is 0 Å². The van der Waals surface area contributed by atoms with Crippen molar-refractivity contribution in [3.8, 4) is 0 Å². The first kappa shape index (κ1) is 18.6. The van der Waals surface area contributed by atoms with E-state index in [-0.39, 0.29) is 16.7 Å². The van der Waals surface area contributed by atoms with Gasteiger partial charge in [0.05, 0.1) is 16.4 Å². The summed E-state index contributed by atoms with van der Waals surface area (Å²) >= 11 is 0. The Morgan fingerprint density at radius 3 is 2.35 bits per heavy atom. The summed E-state index contributed by atoms with van der Waals surface area (Å²) in [6.45, 7) is 1.90. The molecule has 1 fully saturated rings. The summed E-state index contributed by atoms with van der Waals surface area (Å²) in [5, 5.41) is 0. The largest absolute Gasteiger partial charge is 0.383 e. The summed E-state index contributed by atoms with van der Waals surface area (Å²) in [4.78, 5) is 14.4. The summed E-state index contributed by atoms with van der Waals surface area (Å²) in [7, 11) is -1.86. The van der Waals surface area contributed by atoms with Gasteiger partial charge in [-0.25, -0.2) is 8.42 Å². The number of ether oxygens (including phenoxy) is 1. The smallest absolute Gasteiger partial charge is 0.223 e. The summed E-state index contributed by atoms with van der Waals surface area (Å²) in [5.74, 6) is 0.422. The van der Waals surface area contributed by atoms with Gasteiger partial charge in [0, 0.05) is 26.6 Å². The Morgan fingerprint density at radius 2 is 1.69 bits per heavy atom. The van der Waals surface area contributed by atoms with Crippen molar-refractivity contribution in [1.82, 2.24) is 4.90 Å². The second kappa shape index (κ2) is 8.01. The highest BCUT2D eigenvalue weighted by Gasteiger charge is 2.29. The van der Waals surface area contributed by atoms with E-state index in [4.69, 9.17) is 4.74 Å². The van der Waals surface area contributed by atoms with Crippen LogP contribution in [0.25, 0.3) is 0 Å². The summed E-state index contributed by atoms with van der Waals surface area (Å²) in [6, 6.07) is 15.4. The van der Waals surface area contributed by atoms with Crippen LogP contribution in [0.4, 0.5) is 0 Å². The molecule has 3 rings (SSSR count). The number of nitrogens with zero attached hydrogens (tertiary/aromatic N) is 1. The topological polar surface area (TPSA) is 63.7 Å². The lowest BCUT2D eigenvalue weighted by atomic mass is 9.99. The van der Waals surface area contributed by atoms with Crippen LogP contribution in [0.5, 0.6) is 0 Å². The van der Waals surface area contributed by atoms with Crippen molar-refractivity contribution >= 4 is 15.7 Å². The third-order valence-electron chi connectivity index (χ3n) is 4.67. The fraction of sp³-hybridized carbons (Fsp3) is 0.350. The molecule has 1 aliphatic heterocycles. The molecule has 0 radical (unpaired) electrons. The third kappa shape index (κ3) is 4.14. The second-order valence-electron chi connectivity index (χ2n) is 6.57. The normalized spacial score (nSPS) is 17.7. The second-order valence-corrected chi connectivity index (χ2v) is 8.52. The molecule has 0 N–H and O–H groups in total. The molecule has 138 valence electrons. The predicted octanol–water partition coefficient (Wildman–Crippen LogP) is 2.56. The Morgan fingerprint density at radius 1 is 1.04 bits per heavy atom. The van der Waals surface area contributed by atoms with Crippen LogP contribution in [0.1, 0.15) is 12.0 Å². The van der Waals surface area contributed by atoms with Gasteiger partial charge in [-0.05, 0) is 42.2 Å². The standard InChI is InChI=1S/C20H23NO4S/c1-25-12-11-21-15-17(14-20(21)22)13-16-7-9-19(10-8-16)26(23,24)18-5-3-2-4-6-18/h2-10,17H,11-15H2,1H3/t17-/m1/s1. The SMILES string of the molecule is COCCN1C[C@H](Cc2ccc(S(=O)(=O)c3ccccc3)cc2)CC1=O. The van der Waals surface area contributed by atoms with E-state index in [9.17, 15) is 13.2 Å². The number of likely N-dealkylation sites (tertiary alicyclic amines) is 1. The van der Waals surface area contributed by atoms with Gasteiger partial charge >= 0.3 is 0 Å². The van der Waals surface area contributed by atoms with Crippen LogP contribution < -0.4 is 0 Å². The van der Waals surface area contributed by atoms with Crippen LogP contribution in [-0.2, 0) is 25.8 Å². The lowest BCUT2D eigenvalue weighted by Crippen LogP contribution is -2.28. The Labute approximate surface area is 154 Å². The maximum Gasteiger partial charge on any atom is 0.223 e. The van der Waals surface area contributed by atoms with Crippen LogP contribution >= 0.6 is 0 Å². The van der Waals surface area contributed by atoms with Gasteiger partial charge in [0.15, 0.2) is 0 Å². The lowest BCUT2D eigenvalue weighted by molar-refractivity contribution is -0.128. The minimum absolute atomic E-state index is 0.162. The molecule has 1 aliphatic rings. The number of hydrogen-bond acceptors (Lipinski definition) is 4. The van der Waals surface area contributed by atoms with E-state index < -0.39 is 9.84 Å². The molecule has 5 nitrogen and oxygen atoms in total. The molecule has 1 saturated heterocycles. The van der Waals surface area contributed by atoms with Crippen molar-refractivity contribution < 1.29 is 17.9 Å². The first-order chi connectivity index (χ1) is 12.5. The Bertz CT molecular complexity index is 847. The lowest BCUT2D eigenvalue weighted by Gasteiger charge is -2.16. The fourth-order valence-electron chi connectivity index (χ4n) is 3.28. The number of methoxy groups -OCH3 is 1. The van der Waals surface area contributed by atoms with Gasteiger partial charge in [-0.1, -0.05) is 30.3 Å². The highest BCUT2D eigenvalue weighted by Crippen LogP contribution is 2.24. The number of benzene rings is 2. The van der Waals surface area contributed by atoms with E-state index in [2.05, 4.69) is 0 Å². The van der Waals surface area contributed by atoms with Gasteiger partial charge in [0.2, 0.25) is 15.7 Å². The quantitative estimate of drug-likeness (QED) is 0.748. The molecule has 0 aliphatic carbocycles. The van der Waals surface area contributed by atoms with Gasteiger partial charge in [-0.3, -0.25) is 4.79 Å². The van der Waals surface area contributed by atoms with Crippen LogP contribution in [0, 0.1) is 5.92 Å². The molecule has 26 heavy (non-hydrogen) atoms. The highest BCUT2D eigenvalue weighted by molar-refractivity contribution is 7.91. The molecule has 2 aromatic rings. The molecule has 0 bridgehead atoms. The Kier molecular flexibility index (Phi) is 5.74. The molecule has 6 heteroatoms. The minimum Gasteiger partial charge on any atom is -0.383 e. The molecule has 1 amide bonds. The fourth-order valence-corrected chi connectivity index (χ4v) is 4.56. The molecule has 2 aromatic carbocycles. The van der Waals surface area contributed by atoms with Crippen molar-refractivity contribution in [1.29, 1.82) is 0 Å². The van der Waals surface area contributed by atoms with E-state index in [0.717, 1.165) is 18.5 Å². The summed E-state index contributed by atoms with van der Waals surface area (Å²) in [5.41, 5.74) is 1.04. The zero-order valence-electron chi connectivity index (χ0n) is 14.8. The molecule has 0 saturated carbocycles. The van der Waals surface area contributed by atoms with Gasteiger partial charge in [0.25, 0.3) is 0 Å². The zero-order chi connectivity index (χ0) is 18.6. The van der Waals surface area contributed by atoms with E-state index in [1.165, 1.54) is 0 Å². The molecule has 0 spiro atoms. The highest BCUT2D eigenvalue weighted by atomic mass is 32.2. The van der Waals surface area contributed by atoms with Crippen molar-refractivity contribution in [2.75, 3.05) is 26.8 Å². The van der Waals surface area contributed by atoms with Crippen molar-refractivity contribution in [2.24, 2.45) is 5.92 Å². The number of sulfone groups is 1. The van der Waals surface area contributed by atoms with Crippen LogP contribution in [0.3, 0.4) is 0 Å². The maximum absolute atomic E-state index is 12.6. The average Bonchev–Trinajstić information content (AvgIpc) is 3.00. The first-order valence-corrected chi connectivity index (χ1v) is 10.1. The van der Waals surface area contributed by atoms with Crippen LogP contribution in [0.2, 0.25) is 0 Å². The number of hydrogen-bond donors (Lipinski definition) is 0. The van der Waals surface area contributed by atoms with E-state index in [0.29, 0.717) is 24.5 Å². The molecule has 0 unspecified atom stereocenters. The predicted molar refractivity (Wildman–Crippen MR) is 98.6 cm³/mol. The summed E-state index contributed by atoms with van der Waals surface area (Å²) < 4.78 is 30.3. The number of carbonyl (C=O) groups excluding carboxylic acids is 1. The molecular formula is C20H23NO4S. The Balaban J connectivity index is 1.66. The number of amides is 1. The van der Waals surface area contributed by atoms with Gasteiger partial charge in [-0.2, -0.15) is 0 Å². The summed E-state index contributed by atoms with van der Waals surface area (Å²) in [6.07, 6.45) is 1.30. The van der Waals surface area contributed by atoms with E-state index in [1.54, 1.807) is 49.6 Å². The third-order valence-corrected chi connectivity index (χ3v) is 6.46. The number of carbonyl (C=O) groups is 1. The molecule has 1 heterocycles. The van der Waals surface area contributed by atoms with E-state index >= 15 is 0 Å². The van der Waals surface area contributed by atoms with Gasteiger partial charge < -0.3 is 9.64 Å². The van der Waals surface area contributed by atoms with Gasteiger partial charge in [0.1, 0.15) is 0 Å². The van der Waals surface area contributed by atoms with Crippen molar-refractivity contribution in [2.45, 2.75) is 22.6 Å². The zero-order valence-corrected chi connectivity index (χ0v) is 15.6. The van der Waals surface area contributed by atoms with Crippen molar-refractivity contribution in [3.05, 3.63) is 60.2 Å². The minimum atomic E-state index is -3.49. The monoisotopic (exact) mass is 373 g/mol. The van der Waals surface area contributed by atoms with E-state index in [1.807, 2.05) is 17.0 Å². The van der Waals surface area contributed by atoms with Crippen LogP contribution in [0.15, 0.2) is 64.4 Å². The average molecular weight is 373 g/mol. The molecule has 0 aromatic heterocycles. The molecule has 1 atom stereocenters. The van der Waals surface area contributed by atoms with Gasteiger partial charge in [-0.15, -0.1) is 0 Å². The molecular weight excluding hydrogens is 350 g/mol.